The van der Waals surface area contributed by atoms with Crippen LogP contribution in [-0.4, -0.2) is 54.4 Å². The second-order valence-electron chi connectivity index (χ2n) is 5.42. The van der Waals surface area contributed by atoms with E-state index in [0.717, 1.165) is 4.90 Å². The Labute approximate surface area is 134 Å². The van der Waals surface area contributed by atoms with Crippen molar-refractivity contribution in [2.24, 2.45) is 0 Å². The fourth-order valence-corrected chi connectivity index (χ4v) is 3.00. The first-order valence-corrected chi connectivity index (χ1v) is 7.76. The fourth-order valence-electron chi connectivity index (χ4n) is 2.14. The Morgan fingerprint density at radius 3 is 2.27 bits per heavy atom. The van der Waals surface area contributed by atoms with Crippen LogP contribution in [0.2, 0.25) is 0 Å². The summed E-state index contributed by atoms with van der Waals surface area (Å²) in [5, 5.41) is 0. The number of ether oxygens (including phenoxy) is 2. The predicted octanol–water partition coefficient (Wildman–Crippen LogP) is 2.43. The fraction of sp³-hybridized carbons (Fsp3) is 0.467. The first kappa shape index (κ1) is 16.5. The van der Waals surface area contributed by atoms with Gasteiger partial charge in [-0.1, -0.05) is 0 Å². The van der Waals surface area contributed by atoms with Gasteiger partial charge in [0.15, 0.2) is 11.5 Å². The lowest BCUT2D eigenvalue weighted by molar-refractivity contribution is -0.130. The molecule has 1 saturated heterocycles. The smallest absolute Gasteiger partial charge is 0.328 e. The normalized spacial score (nSPS) is 17.1. The summed E-state index contributed by atoms with van der Waals surface area (Å²) >= 11 is 1.40. The van der Waals surface area contributed by atoms with Gasteiger partial charge in [-0.25, -0.2) is 4.79 Å². The molecular formula is C15H20N2O4S. The first-order chi connectivity index (χ1) is 10.3. The number of imide groups is 1. The highest BCUT2D eigenvalue weighted by Gasteiger charge is 2.49. The van der Waals surface area contributed by atoms with Gasteiger partial charge in [0, 0.05) is 11.9 Å². The average molecular weight is 324 g/mol. The molecule has 1 aromatic rings. The molecule has 0 N–H and O–H groups in total. The van der Waals surface area contributed by atoms with Gasteiger partial charge in [0.05, 0.1) is 20.1 Å². The van der Waals surface area contributed by atoms with Crippen molar-refractivity contribution in [2.45, 2.75) is 24.3 Å². The molecule has 6 nitrogen and oxygen atoms in total. The first-order valence-electron chi connectivity index (χ1n) is 6.77. The number of carbonyl (C=O) groups is 2. The van der Waals surface area contributed by atoms with E-state index in [9.17, 15) is 9.59 Å². The Balaban J connectivity index is 2.11. The van der Waals surface area contributed by atoms with Gasteiger partial charge in [-0.15, -0.1) is 11.8 Å². The highest BCUT2D eigenvalue weighted by molar-refractivity contribution is 7.99. The Hall–Kier alpha value is -1.89. The number of hydrogen-bond acceptors (Lipinski definition) is 5. The number of hydrogen-bond donors (Lipinski definition) is 0. The van der Waals surface area contributed by atoms with Gasteiger partial charge in [-0.05, 0) is 32.0 Å². The monoisotopic (exact) mass is 324 g/mol. The van der Waals surface area contributed by atoms with Gasteiger partial charge in [0.2, 0.25) is 0 Å². The zero-order valence-electron chi connectivity index (χ0n) is 13.4. The van der Waals surface area contributed by atoms with Crippen molar-refractivity contribution in [1.29, 1.82) is 0 Å². The maximum absolute atomic E-state index is 12.3. The van der Waals surface area contributed by atoms with Crippen molar-refractivity contribution in [3.63, 3.8) is 0 Å². The molecule has 0 aliphatic carbocycles. The topological polar surface area (TPSA) is 59.1 Å². The van der Waals surface area contributed by atoms with E-state index in [0.29, 0.717) is 11.5 Å². The van der Waals surface area contributed by atoms with E-state index in [4.69, 9.17) is 9.47 Å². The minimum Gasteiger partial charge on any atom is -0.493 e. The highest BCUT2D eigenvalue weighted by atomic mass is 32.2. The van der Waals surface area contributed by atoms with E-state index in [-0.39, 0.29) is 17.8 Å². The number of nitrogens with zero attached hydrogens (tertiary/aromatic N) is 2. The van der Waals surface area contributed by atoms with E-state index >= 15 is 0 Å². The zero-order chi connectivity index (χ0) is 16.5. The van der Waals surface area contributed by atoms with Gasteiger partial charge in [-0.2, -0.15) is 0 Å². The molecule has 0 spiro atoms. The molecule has 0 aromatic heterocycles. The Morgan fingerprint density at radius 2 is 1.77 bits per heavy atom. The quantitative estimate of drug-likeness (QED) is 0.615. The third-order valence-electron chi connectivity index (χ3n) is 3.84. The Kier molecular flexibility index (Phi) is 4.55. The van der Waals surface area contributed by atoms with Crippen molar-refractivity contribution in [2.75, 3.05) is 27.1 Å². The van der Waals surface area contributed by atoms with E-state index in [1.54, 1.807) is 41.2 Å². The van der Waals surface area contributed by atoms with Crippen LogP contribution in [0.25, 0.3) is 0 Å². The van der Waals surface area contributed by atoms with Crippen LogP contribution in [0.15, 0.2) is 23.1 Å². The van der Waals surface area contributed by atoms with Crippen LogP contribution in [0.3, 0.4) is 0 Å². The molecule has 0 radical (unpaired) electrons. The van der Waals surface area contributed by atoms with Crippen molar-refractivity contribution < 1.29 is 19.1 Å². The number of thioether (sulfide) groups is 1. The van der Waals surface area contributed by atoms with Crippen molar-refractivity contribution in [3.8, 4) is 11.5 Å². The maximum Gasteiger partial charge on any atom is 0.328 e. The number of methoxy groups -OCH3 is 2. The van der Waals surface area contributed by atoms with Crippen molar-refractivity contribution in [3.05, 3.63) is 18.2 Å². The summed E-state index contributed by atoms with van der Waals surface area (Å²) in [7, 11) is 4.78. The minimum atomic E-state index is -0.796. The molecule has 1 aliphatic rings. The van der Waals surface area contributed by atoms with E-state index < -0.39 is 5.54 Å². The summed E-state index contributed by atoms with van der Waals surface area (Å²) in [4.78, 5) is 28.1. The second kappa shape index (κ2) is 6.08. The number of benzene rings is 1. The molecule has 0 saturated carbocycles. The molecule has 1 aliphatic heterocycles. The van der Waals surface area contributed by atoms with E-state index in [2.05, 4.69) is 0 Å². The van der Waals surface area contributed by atoms with Crippen LogP contribution < -0.4 is 9.47 Å². The zero-order valence-corrected chi connectivity index (χ0v) is 14.2. The lowest BCUT2D eigenvalue weighted by Crippen LogP contribution is -2.41. The minimum absolute atomic E-state index is 0.187. The molecule has 1 aromatic carbocycles. The Bertz CT molecular complexity index is 603. The van der Waals surface area contributed by atoms with Crippen LogP contribution >= 0.6 is 11.8 Å². The molecule has 0 unspecified atom stereocenters. The summed E-state index contributed by atoms with van der Waals surface area (Å²) in [5.41, 5.74) is -0.796. The van der Waals surface area contributed by atoms with Crippen LogP contribution in [-0.2, 0) is 4.79 Å². The standard InChI is InChI=1S/C15H20N2O4S/c1-15(2)13(18)17(14(19)16(15)3)9-22-10-6-7-11(20-4)12(8-10)21-5/h6-8H,9H2,1-5H3. The van der Waals surface area contributed by atoms with Gasteiger partial charge in [0.1, 0.15) is 5.54 Å². The van der Waals surface area contributed by atoms with E-state index in [1.807, 2.05) is 12.1 Å². The lowest BCUT2D eigenvalue weighted by atomic mass is 10.1. The number of likely N-dealkylation sites (N-methyl/N-ethyl adjacent to an activating group) is 1. The summed E-state index contributed by atoms with van der Waals surface area (Å²) in [6.07, 6.45) is 0. The van der Waals surface area contributed by atoms with E-state index in [1.165, 1.54) is 21.6 Å². The van der Waals surface area contributed by atoms with Gasteiger partial charge in [0.25, 0.3) is 5.91 Å². The maximum atomic E-state index is 12.3. The third-order valence-corrected chi connectivity index (χ3v) is 4.81. The highest BCUT2D eigenvalue weighted by Crippen LogP contribution is 2.34. The summed E-state index contributed by atoms with van der Waals surface area (Å²) in [6, 6.07) is 5.21. The molecule has 0 atom stereocenters. The third kappa shape index (κ3) is 2.72. The molecule has 3 amide bonds. The van der Waals surface area contributed by atoms with Crippen LogP contribution in [0, 0.1) is 0 Å². The molecular weight excluding hydrogens is 304 g/mol. The number of amides is 3. The summed E-state index contributed by atoms with van der Waals surface area (Å²) < 4.78 is 10.4. The van der Waals surface area contributed by atoms with Gasteiger partial charge >= 0.3 is 6.03 Å². The number of carbonyl (C=O) groups excluding carboxylic acids is 2. The summed E-state index contributed by atoms with van der Waals surface area (Å²) in [6.45, 7) is 3.49. The largest absolute Gasteiger partial charge is 0.493 e. The molecule has 7 heteroatoms. The predicted molar refractivity (Wildman–Crippen MR) is 84.4 cm³/mol. The Morgan fingerprint density at radius 1 is 1.14 bits per heavy atom. The van der Waals surface area contributed by atoms with Crippen molar-refractivity contribution in [1.82, 2.24) is 9.80 Å². The average Bonchev–Trinajstić information content (AvgIpc) is 2.66. The molecule has 1 heterocycles. The molecule has 2 rings (SSSR count). The summed E-state index contributed by atoms with van der Waals surface area (Å²) in [5.74, 6) is 1.33. The van der Waals surface area contributed by atoms with Crippen LogP contribution in [0.4, 0.5) is 4.79 Å². The molecule has 22 heavy (non-hydrogen) atoms. The lowest BCUT2D eigenvalue weighted by Gasteiger charge is -2.22. The van der Waals surface area contributed by atoms with Crippen molar-refractivity contribution >= 4 is 23.7 Å². The molecule has 1 fully saturated rings. The second-order valence-corrected chi connectivity index (χ2v) is 6.44. The number of urea groups is 1. The van der Waals surface area contributed by atoms with Gasteiger partial charge < -0.3 is 14.4 Å². The molecule has 0 bridgehead atoms. The van der Waals surface area contributed by atoms with Gasteiger partial charge in [-0.3, -0.25) is 9.69 Å². The SMILES string of the molecule is COc1ccc(SCN2C(=O)N(C)C(C)(C)C2=O)cc1OC. The van der Waals surface area contributed by atoms with Crippen LogP contribution in [0.5, 0.6) is 11.5 Å². The van der Waals surface area contributed by atoms with Crippen LogP contribution in [0.1, 0.15) is 13.8 Å². The molecule has 120 valence electrons. The number of rotatable bonds is 5.